The molecule has 0 aromatic heterocycles. The van der Waals surface area contributed by atoms with Crippen LogP contribution in [0.2, 0.25) is 0 Å². The third kappa shape index (κ3) is 4.44. The molecule has 0 aliphatic rings. The predicted molar refractivity (Wildman–Crippen MR) is 80.0 cm³/mol. The van der Waals surface area contributed by atoms with Gasteiger partial charge in [0.15, 0.2) is 0 Å². The summed E-state index contributed by atoms with van der Waals surface area (Å²) in [6.07, 6.45) is 1.22. The van der Waals surface area contributed by atoms with Gasteiger partial charge in [0.05, 0.1) is 0 Å². The van der Waals surface area contributed by atoms with Gasteiger partial charge in [0.2, 0.25) is 0 Å². The molecular formula is C15H24BrN. The summed E-state index contributed by atoms with van der Waals surface area (Å²) in [6, 6.07) is 11.5. The van der Waals surface area contributed by atoms with Crippen LogP contribution in [-0.2, 0) is 0 Å². The molecule has 0 radical (unpaired) electrons. The average Bonchev–Trinajstić information content (AvgIpc) is 2.40. The Morgan fingerprint density at radius 1 is 1.18 bits per heavy atom. The summed E-state index contributed by atoms with van der Waals surface area (Å²) in [4.78, 5) is 2.57. The van der Waals surface area contributed by atoms with Gasteiger partial charge in [-0.2, -0.15) is 0 Å². The largest absolute Gasteiger partial charge is 0.300 e. The summed E-state index contributed by atoms with van der Waals surface area (Å²) in [5.74, 6) is 0.588. The lowest BCUT2D eigenvalue weighted by molar-refractivity contribution is 0.206. The zero-order valence-electron chi connectivity index (χ0n) is 11.2. The summed E-state index contributed by atoms with van der Waals surface area (Å²) < 4.78 is 0. The Bertz CT molecular complexity index is 299. The maximum atomic E-state index is 3.65. The van der Waals surface area contributed by atoms with Gasteiger partial charge >= 0.3 is 0 Å². The van der Waals surface area contributed by atoms with Gasteiger partial charge in [0.25, 0.3) is 0 Å². The molecule has 2 heteroatoms. The minimum absolute atomic E-state index is 0.588. The molecule has 2 unspecified atom stereocenters. The molecule has 1 rings (SSSR count). The number of likely N-dealkylation sites (N-methyl/N-ethyl adjacent to an activating group) is 1. The van der Waals surface area contributed by atoms with E-state index < -0.39 is 0 Å². The maximum absolute atomic E-state index is 3.65. The Morgan fingerprint density at radius 2 is 1.82 bits per heavy atom. The van der Waals surface area contributed by atoms with Gasteiger partial charge < -0.3 is 4.90 Å². The quantitative estimate of drug-likeness (QED) is 0.679. The molecule has 1 nitrogen and oxygen atoms in total. The predicted octanol–water partition coefficient (Wildman–Crippen LogP) is 4.29. The lowest BCUT2D eigenvalue weighted by Gasteiger charge is -2.30. The summed E-state index contributed by atoms with van der Waals surface area (Å²) in [5.41, 5.74) is 1.44. The fourth-order valence-electron chi connectivity index (χ4n) is 2.13. The van der Waals surface area contributed by atoms with Crippen LogP contribution in [0.15, 0.2) is 30.3 Å². The van der Waals surface area contributed by atoms with E-state index in [1.54, 1.807) is 0 Å². The van der Waals surface area contributed by atoms with Crippen molar-refractivity contribution in [1.29, 1.82) is 0 Å². The number of rotatable bonds is 7. The van der Waals surface area contributed by atoms with Crippen molar-refractivity contribution in [3.05, 3.63) is 35.9 Å². The zero-order chi connectivity index (χ0) is 12.7. The normalized spacial score (nSPS) is 14.9. The maximum Gasteiger partial charge on any atom is 0.0112 e. The highest BCUT2D eigenvalue weighted by Crippen LogP contribution is 2.20. The molecular weight excluding hydrogens is 274 g/mol. The summed E-state index contributed by atoms with van der Waals surface area (Å²) in [5, 5.41) is 1.03. The van der Waals surface area contributed by atoms with Crippen molar-refractivity contribution in [2.24, 2.45) is 0 Å². The fraction of sp³-hybridized carbons (Fsp3) is 0.600. The second kappa shape index (κ2) is 7.88. The summed E-state index contributed by atoms with van der Waals surface area (Å²) in [7, 11) is 0. The number of alkyl halides is 1. The van der Waals surface area contributed by atoms with Gasteiger partial charge in [-0.15, -0.1) is 0 Å². The molecule has 17 heavy (non-hydrogen) atoms. The van der Waals surface area contributed by atoms with Crippen LogP contribution in [0, 0.1) is 0 Å². The highest BCUT2D eigenvalue weighted by atomic mass is 79.9. The van der Waals surface area contributed by atoms with Crippen molar-refractivity contribution in [1.82, 2.24) is 4.90 Å². The molecule has 0 amide bonds. The number of benzene rings is 1. The Kier molecular flexibility index (Phi) is 6.83. The zero-order valence-corrected chi connectivity index (χ0v) is 12.8. The van der Waals surface area contributed by atoms with E-state index in [9.17, 15) is 0 Å². The molecule has 0 aliphatic carbocycles. The van der Waals surface area contributed by atoms with Gasteiger partial charge in [0.1, 0.15) is 0 Å². The van der Waals surface area contributed by atoms with E-state index in [1.807, 2.05) is 0 Å². The Morgan fingerprint density at radius 3 is 2.29 bits per heavy atom. The second-order valence-corrected chi connectivity index (χ2v) is 5.25. The van der Waals surface area contributed by atoms with Crippen LogP contribution in [0.5, 0.6) is 0 Å². The smallest absolute Gasteiger partial charge is 0.0112 e. The first-order valence-electron chi connectivity index (χ1n) is 6.57. The molecule has 0 bridgehead atoms. The van der Waals surface area contributed by atoms with E-state index in [2.05, 4.69) is 71.9 Å². The van der Waals surface area contributed by atoms with Crippen LogP contribution in [0.4, 0.5) is 0 Å². The van der Waals surface area contributed by atoms with E-state index >= 15 is 0 Å². The van der Waals surface area contributed by atoms with Crippen molar-refractivity contribution in [3.63, 3.8) is 0 Å². The van der Waals surface area contributed by atoms with Gasteiger partial charge in [-0.1, -0.05) is 60.1 Å². The van der Waals surface area contributed by atoms with Crippen LogP contribution in [-0.4, -0.2) is 29.4 Å². The first-order chi connectivity index (χ1) is 8.22. The lowest BCUT2D eigenvalue weighted by atomic mass is 10.00. The molecule has 0 saturated carbocycles. The molecule has 0 N–H and O–H groups in total. The monoisotopic (exact) mass is 297 g/mol. The Balaban J connectivity index is 2.69. The molecule has 96 valence electrons. The fourth-order valence-corrected chi connectivity index (χ4v) is 2.71. The van der Waals surface area contributed by atoms with Crippen molar-refractivity contribution in [3.8, 4) is 0 Å². The van der Waals surface area contributed by atoms with E-state index in [0.29, 0.717) is 12.0 Å². The molecule has 0 aliphatic heterocycles. The van der Waals surface area contributed by atoms with E-state index in [0.717, 1.165) is 18.4 Å². The number of hydrogen-bond donors (Lipinski definition) is 0. The van der Waals surface area contributed by atoms with Gasteiger partial charge in [0, 0.05) is 23.8 Å². The average molecular weight is 298 g/mol. The molecule has 0 heterocycles. The molecule has 1 aromatic rings. The van der Waals surface area contributed by atoms with Crippen LogP contribution in [0.25, 0.3) is 0 Å². The van der Waals surface area contributed by atoms with E-state index in [1.165, 1.54) is 12.0 Å². The Hall–Kier alpha value is -0.340. The van der Waals surface area contributed by atoms with Crippen LogP contribution in [0.3, 0.4) is 0 Å². The SMILES string of the molecule is CCC(C)N(CC)CC(CBr)c1ccccc1. The lowest BCUT2D eigenvalue weighted by Crippen LogP contribution is -2.36. The minimum Gasteiger partial charge on any atom is -0.300 e. The first kappa shape index (κ1) is 14.7. The van der Waals surface area contributed by atoms with Crippen LogP contribution < -0.4 is 0 Å². The van der Waals surface area contributed by atoms with Crippen molar-refractivity contribution >= 4 is 15.9 Å². The highest BCUT2D eigenvalue weighted by molar-refractivity contribution is 9.09. The summed E-state index contributed by atoms with van der Waals surface area (Å²) in [6.45, 7) is 9.10. The number of halogens is 1. The van der Waals surface area contributed by atoms with Crippen molar-refractivity contribution in [2.45, 2.75) is 39.2 Å². The van der Waals surface area contributed by atoms with Gasteiger partial charge in [-0.25, -0.2) is 0 Å². The van der Waals surface area contributed by atoms with Crippen LogP contribution >= 0.6 is 15.9 Å². The second-order valence-electron chi connectivity index (χ2n) is 4.61. The van der Waals surface area contributed by atoms with Gasteiger partial charge in [-0.05, 0) is 25.5 Å². The van der Waals surface area contributed by atoms with E-state index in [-0.39, 0.29) is 0 Å². The molecule has 0 saturated heterocycles. The van der Waals surface area contributed by atoms with Crippen LogP contribution in [0.1, 0.15) is 38.7 Å². The molecule has 0 fully saturated rings. The Labute approximate surface area is 114 Å². The third-order valence-corrected chi connectivity index (χ3v) is 4.31. The summed E-state index contributed by atoms with van der Waals surface area (Å²) >= 11 is 3.65. The van der Waals surface area contributed by atoms with Crippen molar-refractivity contribution < 1.29 is 0 Å². The molecule has 1 aromatic carbocycles. The van der Waals surface area contributed by atoms with E-state index in [4.69, 9.17) is 0 Å². The van der Waals surface area contributed by atoms with Crippen molar-refractivity contribution in [2.75, 3.05) is 18.4 Å². The number of hydrogen-bond acceptors (Lipinski definition) is 1. The molecule has 0 spiro atoms. The number of nitrogens with zero attached hydrogens (tertiary/aromatic N) is 1. The molecule has 2 atom stereocenters. The standard InChI is InChI=1S/C15H24BrN/c1-4-13(3)17(5-2)12-15(11-16)14-9-7-6-8-10-14/h6-10,13,15H,4-5,11-12H2,1-3H3. The minimum atomic E-state index is 0.588. The first-order valence-corrected chi connectivity index (χ1v) is 7.70. The topological polar surface area (TPSA) is 3.24 Å². The third-order valence-electron chi connectivity index (χ3n) is 3.53. The van der Waals surface area contributed by atoms with Gasteiger partial charge in [-0.3, -0.25) is 0 Å². The highest BCUT2D eigenvalue weighted by Gasteiger charge is 2.17.